The SMILES string of the molecule is CCCOC1CCCN(CC(=O)c2cccc(OC)c2)C1. The lowest BCUT2D eigenvalue weighted by Crippen LogP contribution is -2.42. The zero-order valence-electron chi connectivity index (χ0n) is 13.0. The van der Waals surface area contributed by atoms with Gasteiger partial charge in [0, 0.05) is 18.7 Å². The molecule has 1 aromatic carbocycles. The van der Waals surface area contributed by atoms with Crippen LogP contribution < -0.4 is 4.74 Å². The summed E-state index contributed by atoms with van der Waals surface area (Å²) in [4.78, 5) is 14.6. The van der Waals surface area contributed by atoms with E-state index in [1.165, 1.54) is 0 Å². The molecule has 0 spiro atoms. The van der Waals surface area contributed by atoms with Crippen molar-refractivity contribution < 1.29 is 14.3 Å². The second-order valence-corrected chi connectivity index (χ2v) is 5.53. The number of benzene rings is 1. The Morgan fingerprint density at radius 3 is 3.05 bits per heavy atom. The van der Waals surface area contributed by atoms with E-state index >= 15 is 0 Å². The van der Waals surface area contributed by atoms with Gasteiger partial charge in [0.25, 0.3) is 0 Å². The summed E-state index contributed by atoms with van der Waals surface area (Å²) in [5.41, 5.74) is 0.714. The van der Waals surface area contributed by atoms with Crippen LogP contribution in [0.4, 0.5) is 0 Å². The number of ketones is 1. The Hall–Kier alpha value is -1.39. The van der Waals surface area contributed by atoms with Gasteiger partial charge in [-0.1, -0.05) is 19.1 Å². The van der Waals surface area contributed by atoms with E-state index in [0.717, 1.165) is 44.7 Å². The van der Waals surface area contributed by atoms with Gasteiger partial charge < -0.3 is 9.47 Å². The maximum atomic E-state index is 12.4. The summed E-state index contributed by atoms with van der Waals surface area (Å²) in [5, 5.41) is 0. The van der Waals surface area contributed by atoms with Crippen LogP contribution in [0.5, 0.6) is 5.75 Å². The molecule has 1 saturated heterocycles. The maximum Gasteiger partial charge on any atom is 0.176 e. The highest BCUT2D eigenvalue weighted by molar-refractivity contribution is 5.97. The molecule has 0 radical (unpaired) electrons. The fraction of sp³-hybridized carbons (Fsp3) is 0.588. The molecule has 1 fully saturated rings. The number of hydrogen-bond acceptors (Lipinski definition) is 4. The molecule has 2 rings (SSSR count). The lowest BCUT2D eigenvalue weighted by atomic mass is 10.1. The molecule has 0 amide bonds. The lowest BCUT2D eigenvalue weighted by molar-refractivity contribution is 0.00130. The smallest absolute Gasteiger partial charge is 0.176 e. The van der Waals surface area contributed by atoms with Crippen molar-refractivity contribution in [2.45, 2.75) is 32.3 Å². The summed E-state index contributed by atoms with van der Waals surface area (Å²) in [6.07, 6.45) is 3.51. The zero-order chi connectivity index (χ0) is 15.1. The number of nitrogens with zero attached hydrogens (tertiary/aromatic N) is 1. The number of methoxy groups -OCH3 is 1. The Morgan fingerprint density at radius 1 is 1.43 bits per heavy atom. The van der Waals surface area contributed by atoms with Crippen LogP contribution >= 0.6 is 0 Å². The van der Waals surface area contributed by atoms with Gasteiger partial charge in [-0.2, -0.15) is 0 Å². The number of Topliss-reactive ketones (excluding diaryl/α,β-unsaturated/α-hetero) is 1. The van der Waals surface area contributed by atoms with Crippen LogP contribution in [0.15, 0.2) is 24.3 Å². The van der Waals surface area contributed by atoms with Crippen molar-refractivity contribution in [3.63, 3.8) is 0 Å². The van der Waals surface area contributed by atoms with Crippen molar-refractivity contribution in [3.05, 3.63) is 29.8 Å². The number of piperidine rings is 1. The van der Waals surface area contributed by atoms with Gasteiger partial charge >= 0.3 is 0 Å². The molecule has 4 heteroatoms. The zero-order valence-corrected chi connectivity index (χ0v) is 13.0. The predicted molar refractivity (Wildman–Crippen MR) is 83.0 cm³/mol. The first-order valence-electron chi connectivity index (χ1n) is 7.74. The monoisotopic (exact) mass is 291 g/mol. The normalized spacial score (nSPS) is 19.4. The number of carbonyl (C=O) groups is 1. The van der Waals surface area contributed by atoms with Crippen molar-refractivity contribution in [1.29, 1.82) is 0 Å². The first-order valence-corrected chi connectivity index (χ1v) is 7.74. The Balaban J connectivity index is 1.89. The third-order valence-electron chi connectivity index (χ3n) is 3.78. The highest BCUT2D eigenvalue weighted by atomic mass is 16.5. The van der Waals surface area contributed by atoms with E-state index in [1.54, 1.807) is 13.2 Å². The van der Waals surface area contributed by atoms with Gasteiger partial charge in [-0.3, -0.25) is 9.69 Å². The highest BCUT2D eigenvalue weighted by Crippen LogP contribution is 2.16. The van der Waals surface area contributed by atoms with E-state index in [1.807, 2.05) is 18.2 Å². The molecule has 4 nitrogen and oxygen atoms in total. The quantitative estimate of drug-likeness (QED) is 0.724. The first-order chi connectivity index (χ1) is 10.2. The van der Waals surface area contributed by atoms with Crippen LogP contribution in [0.25, 0.3) is 0 Å². The molecule has 1 aromatic rings. The van der Waals surface area contributed by atoms with Gasteiger partial charge in [-0.05, 0) is 37.9 Å². The number of rotatable bonds is 7. The fourth-order valence-corrected chi connectivity index (χ4v) is 2.67. The molecule has 0 N–H and O–H groups in total. The summed E-state index contributed by atoms with van der Waals surface area (Å²) >= 11 is 0. The van der Waals surface area contributed by atoms with E-state index in [2.05, 4.69) is 11.8 Å². The molecule has 0 aliphatic carbocycles. The van der Waals surface area contributed by atoms with Crippen LogP contribution in [0.1, 0.15) is 36.5 Å². The van der Waals surface area contributed by atoms with Crippen molar-refractivity contribution >= 4 is 5.78 Å². The van der Waals surface area contributed by atoms with Gasteiger partial charge in [-0.25, -0.2) is 0 Å². The van der Waals surface area contributed by atoms with Crippen molar-refractivity contribution in [1.82, 2.24) is 4.90 Å². The summed E-state index contributed by atoms with van der Waals surface area (Å²) in [5.74, 6) is 0.869. The topological polar surface area (TPSA) is 38.8 Å². The summed E-state index contributed by atoms with van der Waals surface area (Å²) < 4.78 is 11.0. The van der Waals surface area contributed by atoms with E-state index in [9.17, 15) is 4.79 Å². The molecule has 0 bridgehead atoms. The predicted octanol–water partition coefficient (Wildman–Crippen LogP) is 2.77. The van der Waals surface area contributed by atoms with Crippen molar-refractivity contribution in [2.75, 3.05) is 33.4 Å². The molecule has 0 aromatic heterocycles. The van der Waals surface area contributed by atoms with Gasteiger partial charge in [0.05, 0.1) is 19.8 Å². The van der Waals surface area contributed by atoms with Gasteiger partial charge in [-0.15, -0.1) is 0 Å². The average molecular weight is 291 g/mol. The summed E-state index contributed by atoms with van der Waals surface area (Å²) in [7, 11) is 1.61. The number of hydrogen-bond donors (Lipinski definition) is 0. The van der Waals surface area contributed by atoms with Gasteiger partial charge in [0.2, 0.25) is 0 Å². The number of carbonyl (C=O) groups excluding carboxylic acids is 1. The van der Waals surface area contributed by atoms with Crippen molar-refractivity contribution in [2.24, 2.45) is 0 Å². The Labute approximate surface area is 127 Å². The minimum atomic E-state index is 0.144. The van der Waals surface area contributed by atoms with E-state index in [-0.39, 0.29) is 11.9 Å². The molecular formula is C17H25NO3. The Bertz CT molecular complexity index is 461. The first kappa shape index (κ1) is 16.0. The van der Waals surface area contributed by atoms with Crippen LogP contribution in [0, 0.1) is 0 Å². The molecular weight excluding hydrogens is 266 g/mol. The third-order valence-corrected chi connectivity index (χ3v) is 3.78. The van der Waals surface area contributed by atoms with E-state index < -0.39 is 0 Å². The molecule has 1 aliphatic rings. The van der Waals surface area contributed by atoms with E-state index in [0.29, 0.717) is 12.1 Å². The van der Waals surface area contributed by atoms with E-state index in [4.69, 9.17) is 9.47 Å². The number of ether oxygens (including phenoxy) is 2. The fourth-order valence-electron chi connectivity index (χ4n) is 2.67. The molecule has 1 aliphatic heterocycles. The molecule has 1 unspecified atom stereocenters. The summed E-state index contributed by atoms with van der Waals surface area (Å²) in [6, 6.07) is 7.36. The minimum Gasteiger partial charge on any atom is -0.497 e. The third kappa shape index (κ3) is 4.83. The maximum absolute atomic E-state index is 12.4. The van der Waals surface area contributed by atoms with Gasteiger partial charge in [0.1, 0.15) is 5.75 Å². The Kier molecular flexibility index (Phi) is 6.21. The van der Waals surface area contributed by atoms with Crippen LogP contribution in [0.2, 0.25) is 0 Å². The second kappa shape index (κ2) is 8.15. The molecule has 1 atom stereocenters. The lowest BCUT2D eigenvalue weighted by Gasteiger charge is -2.32. The Morgan fingerprint density at radius 2 is 2.29 bits per heavy atom. The molecule has 21 heavy (non-hydrogen) atoms. The minimum absolute atomic E-state index is 0.144. The van der Waals surface area contributed by atoms with Crippen molar-refractivity contribution in [3.8, 4) is 5.75 Å². The number of likely N-dealkylation sites (tertiary alicyclic amines) is 1. The molecule has 1 heterocycles. The molecule has 116 valence electrons. The van der Waals surface area contributed by atoms with Crippen LogP contribution in [0.3, 0.4) is 0 Å². The second-order valence-electron chi connectivity index (χ2n) is 5.53. The largest absolute Gasteiger partial charge is 0.497 e. The van der Waals surface area contributed by atoms with Crippen LogP contribution in [-0.4, -0.2) is 50.1 Å². The molecule has 0 saturated carbocycles. The van der Waals surface area contributed by atoms with Gasteiger partial charge in [0.15, 0.2) is 5.78 Å². The highest BCUT2D eigenvalue weighted by Gasteiger charge is 2.22. The summed E-state index contributed by atoms with van der Waals surface area (Å²) in [6.45, 7) is 5.21. The average Bonchev–Trinajstić information content (AvgIpc) is 2.53. The standard InChI is InChI=1S/C17H25NO3/c1-3-10-21-16-8-5-9-18(12-16)13-17(19)14-6-4-7-15(11-14)20-2/h4,6-7,11,16H,3,5,8-10,12-13H2,1-2H3. The van der Waals surface area contributed by atoms with Crippen LogP contribution in [-0.2, 0) is 4.74 Å².